The lowest BCUT2D eigenvalue weighted by Crippen LogP contribution is -2.29. The monoisotopic (exact) mass is 527 g/mol. The van der Waals surface area contributed by atoms with Crippen molar-refractivity contribution in [2.45, 2.75) is 6.04 Å². The van der Waals surface area contributed by atoms with Gasteiger partial charge in [-0.1, -0.05) is 57.9 Å². The minimum Gasteiger partial charge on any atom is -0.507 e. The van der Waals surface area contributed by atoms with Crippen molar-refractivity contribution in [1.82, 2.24) is 0 Å². The standard InChI is InChI=1S/C25H19BrClNO5/c1-32-19-13-18(27)20(33-2)12-17(19)23(29)21-22(14-6-4-3-5-7-14)28(25(31)24(21)30)16-10-8-15(26)9-11-16/h3-13,22,29H,1-2H3/b23-21+. The van der Waals surface area contributed by atoms with Crippen LogP contribution in [0.5, 0.6) is 11.5 Å². The maximum Gasteiger partial charge on any atom is 0.300 e. The van der Waals surface area contributed by atoms with Crippen molar-refractivity contribution in [3.05, 3.63) is 92.9 Å². The molecule has 4 rings (SSSR count). The molecule has 1 aliphatic heterocycles. The number of rotatable bonds is 5. The first kappa shape index (κ1) is 22.9. The lowest BCUT2D eigenvalue weighted by atomic mass is 9.94. The normalized spacial score (nSPS) is 17.3. The van der Waals surface area contributed by atoms with Crippen LogP contribution in [-0.2, 0) is 9.59 Å². The van der Waals surface area contributed by atoms with Crippen molar-refractivity contribution in [2.24, 2.45) is 0 Å². The first-order valence-electron chi connectivity index (χ1n) is 9.90. The number of aliphatic hydroxyl groups is 1. The summed E-state index contributed by atoms with van der Waals surface area (Å²) in [5, 5.41) is 11.6. The molecule has 1 unspecified atom stereocenters. The van der Waals surface area contributed by atoms with Crippen LogP contribution < -0.4 is 14.4 Å². The van der Waals surface area contributed by atoms with Gasteiger partial charge in [0.25, 0.3) is 11.7 Å². The summed E-state index contributed by atoms with van der Waals surface area (Å²) < 4.78 is 11.5. The van der Waals surface area contributed by atoms with E-state index in [1.165, 1.54) is 31.3 Å². The van der Waals surface area contributed by atoms with Crippen molar-refractivity contribution in [2.75, 3.05) is 19.1 Å². The first-order valence-corrected chi connectivity index (χ1v) is 11.1. The van der Waals surface area contributed by atoms with Crippen LogP contribution in [0.15, 0.2) is 76.8 Å². The van der Waals surface area contributed by atoms with Gasteiger partial charge in [0.1, 0.15) is 17.3 Å². The van der Waals surface area contributed by atoms with Crippen LogP contribution in [-0.4, -0.2) is 31.0 Å². The Kier molecular flexibility index (Phi) is 6.44. The van der Waals surface area contributed by atoms with Gasteiger partial charge in [0.15, 0.2) is 0 Å². The minimum atomic E-state index is -0.848. The fraction of sp³-hybridized carbons (Fsp3) is 0.120. The number of carbonyl (C=O) groups excluding carboxylic acids is 2. The maximum absolute atomic E-state index is 13.3. The quantitative estimate of drug-likeness (QED) is 0.259. The minimum absolute atomic E-state index is 0.0585. The number of nitrogens with zero attached hydrogens (tertiary/aromatic N) is 1. The fourth-order valence-electron chi connectivity index (χ4n) is 3.84. The number of Topliss-reactive ketones (excluding diaryl/α,β-unsaturated/α-hetero) is 1. The molecular weight excluding hydrogens is 510 g/mol. The lowest BCUT2D eigenvalue weighted by molar-refractivity contribution is -0.132. The lowest BCUT2D eigenvalue weighted by Gasteiger charge is -2.25. The van der Waals surface area contributed by atoms with Gasteiger partial charge in [-0.15, -0.1) is 0 Å². The zero-order valence-electron chi connectivity index (χ0n) is 17.7. The van der Waals surface area contributed by atoms with Gasteiger partial charge in [0, 0.05) is 16.2 Å². The smallest absolute Gasteiger partial charge is 0.300 e. The second kappa shape index (κ2) is 9.29. The molecule has 8 heteroatoms. The van der Waals surface area contributed by atoms with Crippen LogP contribution in [0.25, 0.3) is 5.76 Å². The van der Waals surface area contributed by atoms with E-state index < -0.39 is 17.7 Å². The summed E-state index contributed by atoms with van der Waals surface area (Å²) in [6.45, 7) is 0. The molecule has 1 heterocycles. The van der Waals surface area contributed by atoms with Gasteiger partial charge >= 0.3 is 0 Å². The van der Waals surface area contributed by atoms with Gasteiger partial charge in [0.05, 0.1) is 36.4 Å². The van der Waals surface area contributed by atoms with E-state index in [1.54, 1.807) is 36.4 Å². The summed E-state index contributed by atoms with van der Waals surface area (Å²) in [5.74, 6) is -1.40. The summed E-state index contributed by atoms with van der Waals surface area (Å²) >= 11 is 9.59. The molecule has 1 fully saturated rings. The van der Waals surface area contributed by atoms with Crippen LogP contribution in [0.4, 0.5) is 5.69 Å². The molecule has 1 amide bonds. The second-order valence-corrected chi connectivity index (χ2v) is 8.57. The van der Waals surface area contributed by atoms with Crippen molar-refractivity contribution < 1.29 is 24.2 Å². The Labute approximate surface area is 204 Å². The van der Waals surface area contributed by atoms with Crippen LogP contribution >= 0.6 is 27.5 Å². The molecule has 0 bridgehead atoms. The third-order valence-electron chi connectivity index (χ3n) is 5.39. The fourth-order valence-corrected chi connectivity index (χ4v) is 4.34. The average Bonchev–Trinajstić information content (AvgIpc) is 3.10. The highest BCUT2D eigenvalue weighted by Crippen LogP contribution is 2.44. The number of hydrogen-bond acceptors (Lipinski definition) is 5. The summed E-state index contributed by atoms with van der Waals surface area (Å²) in [7, 11) is 2.86. The molecule has 1 saturated heterocycles. The third kappa shape index (κ3) is 4.10. The van der Waals surface area contributed by atoms with Gasteiger partial charge in [-0.05, 0) is 35.9 Å². The molecule has 0 aromatic heterocycles. The number of carbonyl (C=O) groups is 2. The Hall–Kier alpha value is -3.29. The molecule has 0 spiro atoms. The molecule has 0 saturated carbocycles. The predicted molar refractivity (Wildman–Crippen MR) is 130 cm³/mol. The van der Waals surface area contributed by atoms with Crippen LogP contribution in [0.1, 0.15) is 17.2 Å². The van der Waals surface area contributed by atoms with E-state index in [-0.39, 0.29) is 33.4 Å². The van der Waals surface area contributed by atoms with Gasteiger partial charge < -0.3 is 14.6 Å². The highest BCUT2D eigenvalue weighted by Gasteiger charge is 2.47. The summed E-state index contributed by atoms with van der Waals surface area (Å²) in [4.78, 5) is 27.8. The van der Waals surface area contributed by atoms with E-state index >= 15 is 0 Å². The molecule has 3 aromatic carbocycles. The van der Waals surface area contributed by atoms with E-state index in [2.05, 4.69) is 15.9 Å². The number of ether oxygens (including phenoxy) is 2. The Balaban J connectivity index is 1.98. The number of halogens is 2. The number of ketones is 1. The van der Waals surface area contributed by atoms with Gasteiger partial charge in [-0.3, -0.25) is 14.5 Å². The number of amides is 1. The number of hydrogen-bond donors (Lipinski definition) is 1. The molecule has 0 aliphatic carbocycles. The SMILES string of the molecule is COc1cc(/C(O)=C2\C(=O)C(=O)N(c3ccc(Br)cc3)C2c2ccccc2)c(OC)cc1Cl. The summed E-state index contributed by atoms with van der Waals surface area (Å²) in [6.07, 6.45) is 0. The molecule has 1 aliphatic rings. The summed E-state index contributed by atoms with van der Waals surface area (Å²) in [6, 6.07) is 18.2. The largest absolute Gasteiger partial charge is 0.507 e. The Morgan fingerprint density at radius 3 is 2.21 bits per heavy atom. The van der Waals surface area contributed by atoms with Crippen molar-refractivity contribution >= 4 is 50.7 Å². The number of aliphatic hydroxyl groups excluding tert-OH is 1. The van der Waals surface area contributed by atoms with Crippen molar-refractivity contribution in [1.29, 1.82) is 0 Å². The number of methoxy groups -OCH3 is 2. The summed E-state index contributed by atoms with van der Waals surface area (Å²) in [5.41, 5.74) is 1.32. The highest BCUT2D eigenvalue weighted by molar-refractivity contribution is 9.10. The zero-order chi connectivity index (χ0) is 23.7. The first-order chi connectivity index (χ1) is 15.9. The third-order valence-corrected chi connectivity index (χ3v) is 6.22. The second-order valence-electron chi connectivity index (χ2n) is 7.24. The molecular formula is C25H19BrClNO5. The van der Waals surface area contributed by atoms with Crippen LogP contribution in [0.3, 0.4) is 0 Å². The Morgan fingerprint density at radius 2 is 1.61 bits per heavy atom. The molecule has 3 aromatic rings. The van der Waals surface area contributed by atoms with E-state index in [9.17, 15) is 14.7 Å². The molecule has 33 heavy (non-hydrogen) atoms. The Bertz CT molecular complexity index is 1260. The van der Waals surface area contributed by atoms with Crippen LogP contribution in [0, 0.1) is 0 Å². The van der Waals surface area contributed by atoms with E-state index in [1.807, 2.05) is 18.2 Å². The Morgan fingerprint density at radius 1 is 0.970 bits per heavy atom. The molecule has 1 atom stereocenters. The zero-order valence-corrected chi connectivity index (χ0v) is 20.1. The molecule has 1 N–H and O–H groups in total. The van der Waals surface area contributed by atoms with Crippen molar-refractivity contribution in [3.63, 3.8) is 0 Å². The van der Waals surface area contributed by atoms with E-state index in [0.29, 0.717) is 11.3 Å². The highest BCUT2D eigenvalue weighted by atomic mass is 79.9. The van der Waals surface area contributed by atoms with Gasteiger partial charge in [-0.25, -0.2) is 0 Å². The number of benzene rings is 3. The van der Waals surface area contributed by atoms with Gasteiger partial charge in [-0.2, -0.15) is 0 Å². The average molecular weight is 529 g/mol. The van der Waals surface area contributed by atoms with E-state index in [4.69, 9.17) is 21.1 Å². The predicted octanol–water partition coefficient (Wildman–Crippen LogP) is 5.75. The van der Waals surface area contributed by atoms with Crippen LogP contribution in [0.2, 0.25) is 5.02 Å². The topological polar surface area (TPSA) is 76.1 Å². The van der Waals surface area contributed by atoms with Crippen molar-refractivity contribution in [3.8, 4) is 11.5 Å². The molecule has 0 radical (unpaired) electrons. The molecule has 168 valence electrons. The number of anilines is 1. The maximum atomic E-state index is 13.3. The molecule has 6 nitrogen and oxygen atoms in total. The van der Waals surface area contributed by atoms with E-state index in [0.717, 1.165) is 4.47 Å². The van der Waals surface area contributed by atoms with Gasteiger partial charge in [0.2, 0.25) is 0 Å².